The summed E-state index contributed by atoms with van der Waals surface area (Å²) in [7, 11) is 0. The lowest BCUT2D eigenvalue weighted by Crippen LogP contribution is -2.27. The summed E-state index contributed by atoms with van der Waals surface area (Å²) in [5, 5.41) is 13.1. The molecule has 0 radical (unpaired) electrons. The van der Waals surface area contributed by atoms with E-state index in [0.717, 1.165) is 10.2 Å². The third-order valence-electron chi connectivity index (χ3n) is 3.17. The fourth-order valence-corrected chi connectivity index (χ4v) is 2.22. The van der Waals surface area contributed by atoms with Crippen molar-refractivity contribution in [3.63, 3.8) is 0 Å². The SMILES string of the molecule is O=C(O)Cn1nc(-c2ccccc2)n(-c2ccccc2)c1=O. The molecule has 6 nitrogen and oxygen atoms in total. The number of carboxylic acids is 1. The number of hydrogen-bond donors (Lipinski definition) is 1. The number of carboxylic acid groups (broad SMARTS) is 1. The first-order valence-electron chi connectivity index (χ1n) is 6.69. The van der Waals surface area contributed by atoms with Crippen LogP contribution in [-0.2, 0) is 11.3 Å². The van der Waals surface area contributed by atoms with Gasteiger partial charge in [0.2, 0.25) is 0 Å². The lowest BCUT2D eigenvalue weighted by molar-refractivity contribution is -0.137. The summed E-state index contributed by atoms with van der Waals surface area (Å²) in [4.78, 5) is 23.4. The van der Waals surface area contributed by atoms with Crippen LogP contribution in [0.5, 0.6) is 0 Å². The second-order valence-corrected chi connectivity index (χ2v) is 4.69. The van der Waals surface area contributed by atoms with E-state index in [-0.39, 0.29) is 0 Å². The standard InChI is InChI=1S/C16H13N3O3/c20-14(21)11-18-16(22)19(13-9-5-2-6-10-13)15(17-18)12-7-3-1-4-8-12/h1-10H,11H2,(H,20,21). The fraction of sp³-hybridized carbons (Fsp3) is 0.0625. The van der Waals surface area contributed by atoms with Crippen molar-refractivity contribution in [1.29, 1.82) is 0 Å². The van der Waals surface area contributed by atoms with Crippen LogP contribution in [-0.4, -0.2) is 25.4 Å². The van der Waals surface area contributed by atoms with Gasteiger partial charge in [0.05, 0.1) is 5.69 Å². The zero-order chi connectivity index (χ0) is 15.5. The van der Waals surface area contributed by atoms with Crippen molar-refractivity contribution in [2.45, 2.75) is 6.54 Å². The minimum absolute atomic E-state index is 0.415. The van der Waals surface area contributed by atoms with Crippen LogP contribution in [0.1, 0.15) is 0 Å². The number of aromatic nitrogens is 3. The van der Waals surface area contributed by atoms with Crippen LogP contribution in [0.2, 0.25) is 0 Å². The smallest absolute Gasteiger partial charge is 0.351 e. The van der Waals surface area contributed by atoms with Crippen LogP contribution in [0.25, 0.3) is 17.1 Å². The molecule has 0 saturated heterocycles. The van der Waals surface area contributed by atoms with Crippen molar-refractivity contribution in [3.05, 3.63) is 71.1 Å². The Morgan fingerprint density at radius 3 is 2.18 bits per heavy atom. The highest BCUT2D eigenvalue weighted by atomic mass is 16.4. The molecule has 0 amide bonds. The second-order valence-electron chi connectivity index (χ2n) is 4.69. The number of para-hydroxylation sites is 1. The zero-order valence-electron chi connectivity index (χ0n) is 11.6. The molecule has 6 heteroatoms. The van der Waals surface area contributed by atoms with Crippen molar-refractivity contribution in [1.82, 2.24) is 14.3 Å². The quantitative estimate of drug-likeness (QED) is 0.796. The van der Waals surface area contributed by atoms with Gasteiger partial charge in [-0.05, 0) is 12.1 Å². The molecule has 1 N–H and O–H groups in total. The molecule has 0 bridgehead atoms. The van der Waals surface area contributed by atoms with Gasteiger partial charge in [-0.15, -0.1) is 5.10 Å². The molecule has 0 unspecified atom stereocenters. The Labute approximate surface area is 125 Å². The number of rotatable bonds is 4. The van der Waals surface area contributed by atoms with Crippen LogP contribution in [0, 0.1) is 0 Å². The average molecular weight is 295 g/mol. The van der Waals surface area contributed by atoms with Gasteiger partial charge in [0.15, 0.2) is 5.82 Å². The molecular formula is C16H13N3O3. The van der Waals surface area contributed by atoms with Crippen molar-refractivity contribution >= 4 is 5.97 Å². The lowest BCUT2D eigenvalue weighted by atomic mass is 10.2. The normalized spacial score (nSPS) is 10.5. The molecule has 0 spiro atoms. The summed E-state index contributed by atoms with van der Waals surface area (Å²) in [6.45, 7) is -0.474. The third kappa shape index (κ3) is 2.54. The minimum Gasteiger partial charge on any atom is -0.480 e. The molecule has 2 aromatic carbocycles. The predicted octanol–water partition coefficient (Wildman–Crippen LogP) is 1.79. The molecule has 0 fully saturated rings. The number of aliphatic carboxylic acids is 1. The Hall–Kier alpha value is -3.15. The summed E-state index contributed by atoms with van der Waals surface area (Å²) < 4.78 is 2.37. The highest BCUT2D eigenvalue weighted by molar-refractivity contribution is 5.66. The first-order chi connectivity index (χ1) is 10.7. The Balaban J connectivity index is 2.24. The molecule has 3 aromatic rings. The summed E-state index contributed by atoms with van der Waals surface area (Å²) in [5.74, 6) is -0.697. The maximum absolute atomic E-state index is 12.5. The molecule has 1 heterocycles. The topological polar surface area (TPSA) is 77.1 Å². The maximum Gasteiger partial charge on any atom is 0.351 e. The first-order valence-corrected chi connectivity index (χ1v) is 6.69. The fourth-order valence-electron chi connectivity index (χ4n) is 2.22. The van der Waals surface area contributed by atoms with Crippen LogP contribution in [0.4, 0.5) is 0 Å². The lowest BCUT2D eigenvalue weighted by Gasteiger charge is -2.05. The number of nitrogens with zero attached hydrogens (tertiary/aromatic N) is 3. The Kier molecular flexibility index (Phi) is 3.57. The molecule has 0 atom stereocenters. The van der Waals surface area contributed by atoms with Crippen molar-refractivity contribution in [2.24, 2.45) is 0 Å². The van der Waals surface area contributed by atoms with E-state index in [4.69, 9.17) is 5.11 Å². The second kappa shape index (κ2) is 5.69. The van der Waals surface area contributed by atoms with Crippen molar-refractivity contribution in [2.75, 3.05) is 0 Å². The van der Waals surface area contributed by atoms with Crippen LogP contribution in [0.3, 0.4) is 0 Å². The Bertz CT molecular complexity index is 851. The summed E-state index contributed by atoms with van der Waals surface area (Å²) >= 11 is 0. The predicted molar refractivity (Wildman–Crippen MR) is 80.9 cm³/mol. The van der Waals surface area contributed by atoms with Gasteiger partial charge in [0.25, 0.3) is 0 Å². The largest absolute Gasteiger partial charge is 0.480 e. The molecule has 0 aliphatic heterocycles. The number of hydrogen-bond acceptors (Lipinski definition) is 3. The van der Waals surface area contributed by atoms with E-state index in [0.29, 0.717) is 11.5 Å². The van der Waals surface area contributed by atoms with Gasteiger partial charge < -0.3 is 5.11 Å². The maximum atomic E-state index is 12.5. The van der Waals surface area contributed by atoms with E-state index in [1.54, 1.807) is 12.1 Å². The highest BCUT2D eigenvalue weighted by Crippen LogP contribution is 2.18. The van der Waals surface area contributed by atoms with Gasteiger partial charge in [0.1, 0.15) is 6.54 Å². The molecule has 110 valence electrons. The van der Waals surface area contributed by atoms with E-state index < -0.39 is 18.2 Å². The monoisotopic (exact) mass is 295 g/mol. The van der Waals surface area contributed by atoms with Crippen molar-refractivity contribution in [3.8, 4) is 17.1 Å². The molecule has 0 aliphatic carbocycles. The number of benzene rings is 2. The van der Waals surface area contributed by atoms with Crippen LogP contribution >= 0.6 is 0 Å². The van der Waals surface area contributed by atoms with E-state index in [1.807, 2.05) is 48.5 Å². The summed E-state index contributed by atoms with van der Waals surface area (Å²) in [6.07, 6.45) is 0. The molecular weight excluding hydrogens is 282 g/mol. The zero-order valence-corrected chi connectivity index (χ0v) is 11.6. The first kappa shape index (κ1) is 13.8. The van der Waals surface area contributed by atoms with Gasteiger partial charge >= 0.3 is 11.7 Å². The molecule has 0 aliphatic rings. The van der Waals surface area contributed by atoms with E-state index in [1.165, 1.54) is 4.57 Å². The van der Waals surface area contributed by atoms with E-state index in [9.17, 15) is 9.59 Å². The average Bonchev–Trinajstić information content (AvgIpc) is 2.85. The van der Waals surface area contributed by atoms with E-state index in [2.05, 4.69) is 5.10 Å². The van der Waals surface area contributed by atoms with E-state index >= 15 is 0 Å². The van der Waals surface area contributed by atoms with Gasteiger partial charge in [-0.2, -0.15) is 0 Å². The van der Waals surface area contributed by atoms with Gasteiger partial charge in [-0.1, -0.05) is 48.5 Å². The van der Waals surface area contributed by atoms with Gasteiger partial charge in [0, 0.05) is 5.56 Å². The molecule has 22 heavy (non-hydrogen) atoms. The summed E-state index contributed by atoms with van der Waals surface area (Å²) in [5.41, 5.74) is 0.906. The number of carbonyl (C=O) groups is 1. The summed E-state index contributed by atoms with van der Waals surface area (Å²) in [6, 6.07) is 18.2. The van der Waals surface area contributed by atoms with Gasteiger partial charge in [-0.25, -0.2) is 14.0 Å². The van der Waals surface area contributed by atoms with Crippen molar-refractivity contribution < 1.29 is 9.90 Å². The van der Waals surface area contributed by atoms with Crippen LogP contribution in [0.15, 0.2) is 65.5 Å². The highest BCUT2D eigenvalue weighted by Gasteiger charge is 2.17. The molecule has 0 saturated carbocycles. The Morgan fingerprint density at radius 1 is 1.00 bits per heavy atom. The minimum atomic E-state index is -1.11. The third-order valence-corrected chi connectivity index (χ3v) is 3.17. The van der Waals surface area contributed by atoms with Gasteiger partial charge in [-0.3, -0.25) is 4.79 Å². The molecule has 1 aromatic heterocycles. The van der Waals surface area contributed by atoms with Crippen LogP contribution < -0.4 is 5.69 Å². The Morgan fingerprint density at radius 2 is 1.59 bits per heavy atom. The molecule has 3 rings (SSSR count).